The predicted molar refractivity (Wildman–Crippen MR) is 436 cm³/mol. The Hall–Kier alpha value is -7.62. The Kier molecular flexibility index (Phi) is 18.2. The van der Waals surface area contributed by atoms with Gasteiger partial charge in [0.2, 0.25) is 0 Å². The zero-order valence-corrected chi connectivity index (χ0v) is 64.8. The number of halogens is 6. The van der Waals surface area contributed by atoms with Crippen molar-refractivity contribution in [2.24, 2.45) is 14.1 Å². The molecule has 0 spiro atoms. The fourth-order valence-corrected chi connectivity index (χ4v) is 21.8. The third-order valence-corrected chi connectivity index (χ3v) is 25.5. The highest BCUT2D eigenvalue weighted by atomic mass is 79.9. The average molecular weight is 1720 g/mol. The van der Waals surface area contributed by atoms with Gasteiger partial charge in [0.25, 0.3) is 0 Å². The van der Waals surface area contributed by atoms with Crippen LogP contribution in [0.2, 0.25) is 0 Å². The van der Waals surface area contributed by atoms with Crippen molar-refractivity contribution in [2.75, 3.05) is 0 Å². The molecule has 18 aromatic rings. The third-order valence-electron chi connectivity index (χ3n) is 18.1. The van der Waals surface area contributed by atoms with E-state index in [0.29, 0.717) is 0 Å². The predicted octanol–water partition coefficient (Wildman–Crippen LogP) is 26.6. The minimum absolute atomic E-state index is 0.878. The topological polar surface area (TPSA) is 92.1 Å². The molecule has 0 saturated heterocycles. The molecule has 0 atom stereocenters. The van der Waals surface area contributed by atoms with Crippen LogP contribution in [-0.4, -0.2) is 43.6 Å². The van der Waals surface area contributed by atoms with Gasteiger partial charge in [-0.15, -0.1) is 34.0 Å². The van der Waals surface area contributed by atoms with Crippen molar-refractivity contribution >= 4 is 228 Å². The molecule has 480 valence electrons. The van der Waals surface area contributed by atoms with Gasteiger partial charge in [0, 0.05) is 119 Å². The third kappa shape index (κ3) is 11.9. The molecule has 0 aliphatic rings. The lowest BCUT2D eigenvalue weighted by atomic mass is 10.0. The van der Waals surface area contributed by atoms with E-state index in [-0.39, 0.29) is 0 Å². The average Bonchev–Trinajstić information content (AvgIpc) is 1.54. The quantitative estimate of drug-likeness (QED) is 0.120. The lowest BCUT2D eigenvalue weighted by Crippen LogP contribution is -1.98. The first kappa shape index (κ1) is 65.0. The summed E-state index contributed by atoms with van der Waals surface area (Å²) in [6, 6.07) is 76.7. The summed E-state index contributed by atoms with van der Waals surface area (Å²) in [7, 11) is 4.24. The van der Waals surface area contributed by atoms with Crippen LogP contribution in [0.4, 0.5) is 0 Å². The summed E-state index contributed by atoms with van der Waals surface area (Å²) in [5.41, 5.74) is 24.4. The van der Waals surface area contributed by atoms with Crippen molar-refractivity contribution in [3.8, 4) is 67.5 Å². The normalized spacial score (nSPS) is 11.7. The number of rotatable bonds is 11. The Morgan fingerprint density at radius 2 is 0.551 bits per heavy atom. The lowest BCUT2D eigenvalue weighted by molar-refractivity contribution is 0.602. The van der Waals surface area contributed by atoms with Gasteiger partial charge in [-0.1, -0.05) is 208 Å². The highest BCUT2D eigenvalue weighted by molar-refractivity contribution is 9.13. The zero-order valence-electron chi connectivity index (χ0n) is 52.8. The standard InChI is InChI=1S/C30H25Br2N3S.2C25H15Br2N3S/c1-2-3-4-10-17-35-23-14-9-8-13-21(23)22-16-15-20(18-24(22)35)26-25(19-11-6-5-7-12-19)33-27-28(34-26)30(32)36-29(27)31;2*1-30-18-10-6-5-9-16(18)17-12-11-15(13-19(17)30)21-20(14-7-3-2-4-8-14)28-22-23(29-21)25(27)31-24(22)26/h5-9,11-16,18H,2-4,10,17H2,1H3;2*2-13H,1H3. The van der Waals surface area contributed by atoms with Gasteiger partial charge >= 0.3 is 0 Å². The van der Waals surface area contributed by atoms with Crippen molar-refractivity contribution < 1.29 is 0 Å². The molecule has 0 aliphatic heterocycles. The maximum Gasteiger partial charge on any atom is 0.116 e. The summed E-state index contributed by atoms with van der Waals surface area (Å²) >= 11 is 26.8. The summed E-state index contributed by atoms with van der Waals surface area (Å²) in [5.74, 6) is 0. The first-order valence-corrected chi connectivity index (χ1v) is 39.2. The van der Waals surface area contributed by atoms with E-state index < -0.39 is 0 Å². The van der Waals surface area contributed by atoms with Crippen molar-refractivity contribution in [3.63, 3.8) is 0 Å². The van der Waals surface area contributed by atoms with Crippen molar-refractivity contribution in [3.05, 3.63) is 241 Å². The van der Waals surface area contributed by atoms with E-state index in [1.54, 1.807) is 34.0 Å². The molecule has 0 bridgehead atoms. The van der Waals surface area contributed by atoms with E-state index in [1.165, 1.54) is 91.1 Å². The number of hydrogen-bond acceptors (Lipinski definition) is 9. The van der Waals surface area contributed by atoms with Crippen molar-refractivity contribution in [2.45, 2.75) is 39.2 Å². The molecule has 98 heavy (non-hydrogen) atoms. The summed E-state index contributed by atoms with van der Waals surface area (Å²) in [6.07, 6.45) is 4.97. The van der Waals surface area contributed by atoms with E-state index in [1.807, 2.05) is 42.5 Å². The van der Waals surface area contributed by atoms with E-state index >= 15 is 0 Å². The summed E-state index contributed by atoms with van der Waals surface area (Å²) in [6.45, 7) is 3.28. The maximum absolute atomic E-state index is 5.18. The number of benzene rings is 9. The Balaban J connectivity index is 0.000000115. The monoisotopic (exact) mass is 1710 g/mol. The maximum atomic E-state index is 5.18. The van der Waals surface area contributed by atoms with Crippen LogP contribution in [-0.2, 0) is 20.6 Å². The summed E-state index contributed by atoms with van der Waals surface area (Å²) < 4.78 is 12.9. The molecule has 9 nitrogen and oxygen atoms in total. The largest absolute Gasteiger partial charge is 0.344 e. The number of aryl methyl sites for hydroxylation is 3. The second-order valence-corrected chi connectivity index (χ2v) is 34.9. The van der Waals surface area contributed by atoms with Gasteiger partial charge in [-0.25, -0.2) is 29.9 Å². The summed E-state index contributed by atoms with van der Waals surface area (Å²) in [4.78, 5) is 30.6. The molecule has 0 saturated carbocycles. The first-order chi connectivity index (χ1) is 47.9. The lowest BCUT2D eigenvalue weighted by Gasteiger charge is -2.11. The minimum Gasteiger partial charge on any atom is -0.344 e. The van der Waals surface area contributed by atoms with Crippen LogP contribution in [0.25, 0.3) is 166 Å². The van der Waals surface area contributed by atoms with E-state index in [0.717, 1.165) is 130 Å². The van der Waals surface area contributed by atoms with Crippen LogP contribution < -0.4 is 0 Å². The molecule has 0 N–H and O–H groups in total. The van der Waals surface area contributed by atoms with Gasteiger partial charge in [-0.3, -0.25) is 0 Å². The molecule has 18 rings (SSSR count). The van der Waals surface area contributed by atoms with Crippen LogP contribution in [0.3, 0.4) is 0 Å². The van der Waals surface area contributed by atoms with Gasteiger partial charge in [0.05, 0.1) is 56.9 Å². The van der Waals surface area contributed by atoms with Crippen LogP contribution >= 0.6 is 130 Å². The van der Waals surface area contributed by atoms with E-state index in [9.17, 15) is 0 Å². The number of aromatic nitrogens is 9. The van der Waals surface area contributed by atoms with Crippen LogP contribution in [0.15, 0.2) is 241 Å². The molecule has 9 aromatic heterocycles. The smallest absolute Gasteiger partial charge is 0.116 e. The number of unbranched alkanes of at least 4 members (excludes halogenated alkanes) is 3. The van der Waals surface area contributed by atoms with Gasteiger partial charge in [-0.05, 0) is 138 Å². The van der Waals surface area contributed by atoms with Crippen LogP contribution in [0.5, 0.6) is 0 Å². The zero-order chi connectivity index (χ0) is 66.9. The Bertz CT molecular complexity index is 5870. The SMILES string of the molecule is CCCCCCn1c2ccccc2c2ccc(-c3nc4c(Br)sc(Br)c4nc3-c3ccccc3)cc21.Cn1c2ccccc2c2ccc(-c3nc4c(Br)sc(Br)c4nc3-c3ccccc3)cc21.Cn1c2ccccc2c2ccc(-c3nc4c(Br)sc(Br)c4nc3-c3ccccc3)cc21. The second kappa shape index (κ2) is 27.5. The molecule has 0 aliphatic carbocycles. The molecule has 9 heterocycles. The van der Waals surface area contributed by atoms with E-state index in [4.69, 9.17) is 29.9 Å². The highest BCUT2D eigenvalue weighted by Gasteiger charge is 2.24. The molecule has 0 radical (unpaired) electrons. The number of hydrogen-bond donors (Lipinski definition) is 0. The number of para-hydroxylation sites is 3. The molecule has 0 unspecified atom stereocenters. The number of fused-ring (bicyclic) bond motifs is 12. The van der Waals surface area contributed by atoms with Gasteiger partial charge in [-0.2, -0.15) is 0 Å². The molecule has 0 fully saturated rings. The molecule has 0 amide bonds. The van der Waals surface area contributed by atoms with E-state index in [2.05, 4.69) is 306 Å². The fraction of sp³-hybridized carbons (Fsp3) is 0.100. The van der Waals surface area contributed by atoms with Crippen molar-refractivity contribution in [1.29, 1.82) is 0 Å². The second-order valence-electron chi connectivity index (χ2n) is 24.0. The van der Waals surface area contributed by atoms with Crippen LogP contribution in [0, 0.1) is 0 Å². The fourth-order valence-electron chi connectivity index (χ4n) is 13.4. The summed E-state index contributed by atoms with van der Waals surface area (Å²) in [5, 5.41) is 7.62. The Morgan fingerprint density at radius 1 is 0.276 bits per heavy atom. The van der Waals surface area contributed by atoms with Gasteiger partial charge in [0.15, 0.2) is 0 Å². The molecular weight excluding hydrogens is 1660 g/mol. The first-order valence-electron chi connectivity index (χ1n) is 32.0. The Morgan fingerprint density at radius 3 is 0.898 bits per heavy atom. The molecule has 9 aromatic carbocycles. The van der Waals surface area contributed by atoms with Gasteiger partial charge < -0.3 is 13.7 Å². The van der Waals surface area contributed by atoms with Crippen molar-refractivity contribution in [1.82, 2.24) is 43.6 Å². The number of thiophene rings is 3. The molecular formula is C80H55Br6N9S3. The minimum atomic E-state index is 0.878. The highest BCUT2D eigenvalue weighted by Crippen LogP contribution is 2.46. The number of nitrogens with zero attached hydrogens (tertiary/aromatic N) is 9. The van der Waals surface area contributed by atoms with Gasteiger partial charge in [0.1, 0.15) is 33.1 Å². The Labute approximate surface area is 627 Å². The van der Waals surface area contributed by atoms with Crippen LogP contribution in [0.1, 0.15) is 32.6 Å². The molecule has 18 heteroatoms.